The smallest absolute Gasteiger partial charge is 0.246 e. The van der Waals surface area contributed by atoms with Gasteiger partial charge in [0.2, 0.25) is 5.91 Å². The first kappa shape index (κ1) is 14.5. The maximum Gasteiger partial charge on any atom is 0.246 e. The van der Waals surface area contributed by atoms with Gasteiger partial charge in [0.1, 0.15) is 0 Å². The molecule has 0 aliphatic carbocycles. The van der Waals surface area contributed by atoms with E-state index in [9.17, 15) is 9.90 Å². The van der Waals surface area contributed by atoms with Crippen molar-refractivity contribution in [3.8, 4) is 0 Å². The third-order valence-corrected chi connectivity index (χ3v) is 3.05. The van der Waals surface area contributed by atoms with Gasteiger partial charge in [-0.3, -0.25) is 4.79 Å². The quantitative estimate of drug-likeness (QED) is 0.812. The molecule has 0 fully saturated rings. The maximum atomic E-state index is 11.8. The fourth-order valence-electron chi connectivity index (χ4n) is 1.68. The summed E-state index contributed by atoms with van der Waals surface area (Å²) in [6, 6.07) is 9.12. The number of aliphatic hydroxyl groups excluding tert-OH is 1. The van der Waals surface area contributed by atoms with Gasteiger partial charge in [-0.25, -0.2) is 0 Å². The molecule has 98 valence electrons. The molecule has 1 N–H and O–H groups in total. The van der Waals surface area contributed by atoms with Crippen LogP contribution in [0.4, 0.5) is 0 Å². The zero-order valence-electron chi connectivity index (χ0n) is 11.2. The summed E-state index contributed by atoms with van der Waals surface area (Å²) in [6.45, 7) is 3.82. The Hall–Kier alpha value is -1.61. The number of rotatable bonds is 5. The second-order valence-corrected chi connectivity index (χ2v) is 4.36. The average molecular weight is 247 g/mol. The summed E-state index contributed by atoms with van der Waals surface area (Å²) in [5.74, 6) is -0.0840. The van der Waals surface area contributed by atoms with Gasteiger partial charge in [-0.05, 0) is 25.0 Å². The number of aliphatic hydroxyl groups is 1. The normalized spacial score (nSPS) is 14.4. The zero-order valence-corrected chi connectivity index (χ0v) is 11.2. The number of amides is 1. The highest BCUT2D eigenvalue weighted by Crippen LogP contribution is 2.19. The summed E-state index contributed by atoms with van der Waals surface area (Å²) in [7, 11) is 1.71. The largest absolute Gasteiger partial charge is 0.386 e. The minimum atomic E-state index is -0.671. The highest BCUT2D eigenvalue weighted by Gasteiger charge is 2.22. The second-order valence-electron chi connectivity index (χ2n) is 4.36. The summed E-state index contributed by atoms with van der Waals surface area (Å²) in [5.41, 5.74) is 0.823. The molecule has 0 heterocycles. The van der Waals surface area contributed by atoms with E-state index in [-0.39, 0.29) is 11.9 Å². The van der Waals surface area contributed by atoms with Gasteiger partial charge in [-0.15, -0.1) is 0 Å². The molecule has 1 aromatic carbocycles. The van der Waals surface area contributed by atoms with Crippen LogP contribution in [0.15, 0.2) is 42.5 Å². The van der Waals surface area contributed by atoms with Crippen LogP contribution in [0, 0.1) is 0 Å². The highest BCUT2D eigenvalue weighted by molar-refractivity contribution is 5.87. The van der Waals surface area contributed by atoms with Crippen LogP contribution in [0.3, 0.4) is 0 Å². The molecular formula is C15H21NO2. The Morgan fingerprint density at radius 1 is 1.39 bits per heavy atom. The van der Waals surface area contributed by atoms with Crippen LogP contribution in [0.1, 0.15) is 31.9 Å². The molecule has 3 nitrogen and oxygen atoms in total. The summed E-state index contributed by atoms with van der Waals surface area (Å²) in [5, 5.41) is 10.2. The van der Waals surface area contributed by atoms with E-state index in [4.69, 9.17) is 0 Å². The van der Waals surface area contributed by atoms with E-state index < -0.39 is 6.10 Å². The van der Waals surface area contributed by atoms with Crippen molar-refractivity contribution in [2.45, 2.75) is 32.4 Å². The summed E-state index contributed by atoms with van der Waals surface area (Å²) in [6.07, 6.45) is 3.53. The SMILES string of the molecule is CC/C=C/C(=O)N(C)[C@@H](C)[C@@H](O)c1ccccc1. The molecule has 18 heavy (non-hydrogen) atoms. The Balaban J connectivity index is 2.72. The molecule has 0 radical (unpaired) electrons. The molecular weight excluding hydrogens is 226 g/mol. The van der Waals surface area contributed by atoms with Crippen molar-refractivity contribution in [1.82, 2.24) is 4.90 Å². The Morgan fingerprint density at radius 3 is 2.56 bits per heavy atom. The van der Waals surface area contributed by atoms with Crippen LogP contribution in [0.25, 0.3) is 0 Å². The number of carbonyl (C=O) groups is 1. The Morgan fingerprint density at radius 2 is 2.00 bits per heavy atom. The molecule has 0 aromatic heterocycles. The lowest BCUT2D eigenvalue weighted by Gasteiger charge is -2.28. The molecule has 0 aliphatic heterocycles. The van der Waals surface area contributed by atoms with Crippen LogP contribution in [-0.2, 0) is 4.79 Å². The first-order valence-electron chi connectivity index (χ1n) is 6.24. The fraction of sp³-hybridized carbons (Fsp3) is 0.400. The van der Waals surface area contributed by atoms with E-state index in [0.29, 0.717) is 0 Å². The maximum absolute atomic E-state index is 11.8. The summed E-state index contributed by atoms with van der Waals surface area (Å²) >= 11 is 0. The Kier molecular flexibility index (Phi) is 5.59. The van der Waals surface area contributed by atoms with Crippen molar-refractivity contribution in [3.63, 3.8) is 0 Å². The number of hydrogen-bond donors (Lipinski definition) is 1. The third-order valence-electron chi connectivity index (χ3n) is 3.05. The first-order valence-corrected chi connectivity index (χ1v) is 6.24. The molecule has 1 aromatic rings. The lowest BCUT2D eigenvalue weighted by Crippen LogP contribution is -2.38. The van der Waals surface area contributed by atoms with E-state index in [0.717, 1.165) is 12.0 Å². The van der Waals surface area contributed by atoms with Gasteiger partial charge >= 0.3 is 0 Å². The van der Waals surface area contributed by atoms with Crippen LogP contribution < -0.4 is 0 Å². The molecule has 0 bridgehead atoms. The fourth-order valence-corrected chi connectivity index (χ4v) is 1.68. The van der Waals surface area contributed by atoms with Crippen molar-refractivity contribution in [2.24, 2.45) is 0 Å². The Labute approximate surface area is 109 Å². The number of allylic oxidation sites excluding steroid dienone is 1. The number of benzene rings is 1. The van der Waals surface area contributed by atoms with Crippen LogP contribution in [0.2, 0.25) is 0 Å². The third kappa shape index (κ3) is 3.70. The topological polar surface area (TPSA) is 40.5 Å². The summed E-state index contributed by atoms with van der Waals surface area (Å²) < 4.78 is 0. The molecule has 1 amide bonds. The van der Waals surface area contributed by atoms with Gasteiger partial charge in [0, 0.05) is 7.05 Å². The molecule has 1 rings (SSSR count). The van der Waals surface area contributed by atoms with Gasteiger partial charge in [-0.1, -0.05) is 43.3 Å². The van der Waals surface area contributed by atoms with Crippen LogP contribution in [0.5, 0.6) is 0 Å². The predicted molar refractivity (Wildman–Crippen MR) is 73.1 cm³/mol. The average Bonchev–Trinajstić information content (AvgIpc) is 2.43. The molecule has 0 aliphatic rings. The number of nitrogens with zero attached hydrogens (tertiary/aromatic N) is 1. The molecule has 2 atom stereocenters. The van der Waals surface area contributed by atoms with Gasteiger partial charge in [0.15, 0.2) is 0 Å². The van der Waals surface area contributed by atoms with Crippen molar-refractivity contribution in [3.05, 3.63) is 48.0 Å². The molecule has 0 spiro atoms. The molecule has 0 saturated carbocycles. The van der Waals surface area contributed by atoms with E-state index in [1.165, 1.54) is 0 Å². The monoisotopic (exact) mass is 247 g/mol. The lowest BCUT2D eigenvalue weighted by atomic mass is 10.0. The van der Waals surface area contributed by atoms with Crippen LogP contribution >= 0.6 is 0 Å². The predicted octanol–water partition coefficient (Wildman–Crippen LogP) is 2.53. The van der Waals surface area contributed by atoms with Gasteiger partial charge < -0.3 is 10.0 Å². The molecule has 0 saturated heterocycles. The lowest BCUT2D eigenvalue weighted by molar-refractivity contribution is -0.128. The molecule has 0 unspecified atom stereocenters. The van der Waals surface area contributed by atoms with Crippen molar-refractivity contribution >= 4 is 5.91 Å². The van der Waals surface area contributed by atoms with Gasteiger partial charge in [-0.2, -0.15) is 0 Å². The van der Waals surface area contributed by atoms with E-state index in [1.54, 1.807) is 18.0 Å². The van der Waals surface area contributed by atoms with Gasteiger partial charge in [0.05, 0.1) is 12.1 Å². The van der Waals surface area contributed by atoms with Crippen molar-refractivity contribution in [1.29, 1.82) is 0 Å². The van der Waals surface area contributed by atoms with E-state index >= 15 is 0 Å². The second kappa shape index (κ2) is 6.97. The minimum absolute atomic E-state index is 0.0840. The first-order chi connectivity index (χ1) is 8.57. The Bertz CT molecular complexity index is 400. The number of hydrogen-bond acceptors (Lipinski definition) is 2. The van der Waals surface area contributed by atoms with Gasteiger partial charge in [0.25, 0.3) is 0 Å². The number of likely N-dealkylation sites (N-methyl/N-ethyl adjacent to an activating group) is 1. The van der Waals surface area contributed by atoms with Crippen molar-refractivity contribution in [2.75, 3.05) is 7.05 Å². The van der Waals surface area contributed by atoms with E-state index in [2.05, 4.69) is 0 Å². The minimum Gasteiger partial charge on any atom is -0.386 e. The summed E-state index contributed by atoms with van der Waals surface area (Å²) in [4.78, 5) is 13.4. The highest BCUT2D eigenvalue weighted by atomic mass is 16.3. The van der Waals surface area contributed by atoms with E-state index in [1.807, 2.05) is 50.3 Å². The molecule has 3 heteroatoms. The number of carbonyl (C=O) groups excluding carboxylic acids is 1. The van der Waals surface area contributed by atoms with Crippen molar-refractivity contribution < 1.29 is 9.90 Å². The zero-order chi connectivity index (χ0) is 13.5. The standard InChI is InChI=1S/C15H21NO2/c1-4-5-11-14(17)16(3)12(2)15(18)13-9-7-6-8-10-13/h5-12,15,18H,4H2,1-3H3/b11-5+/t12-,15+/m0/s1. The van der Waals surface area contributed by atoms with Crippen LogP contribution in [-0.4, -0.2) is 29.0 Å².